The van der Waals surface area contributed by atoms with E-state index >= 15 is 0 Å². The molecule has 158 valence electrons. The Morgan fingerprint density at radius 2 is 1.71 bits per heavy atom. The quantitative estimate of drug-likeness (QED) is 0.612. The molecular formula is C22H23N7O2. The third-order valence-electron chi connectivity index (χ3n) is 5.15. The van der Waals surface area contributed by atoms with Gasteiger partial charge in [-0.15, -0.1) is 0 Å². The van der Waals surface area contributed by atoms with Crippen LogP contribution in [0.4, 0.5) is 28.1 Å². The molecule has 2 heterocycles. The maximum Gasteiger partial charge on any atom is 0.332 e. The summed E-state index contributed by atoms with van der Waals surface area (Å²) in [5.41, 5.74) is 9.42. The van der Waals surface area contributed by atoms with Crippen molar-refractivity contribution >= 4 is 35.2 Å². The van der Waals surface area contributed by atoms with Gasteiger partial charge in [0.2, 0.25) is 11.9 Å². The van der Waals surface area contributed by atoms with Crippen molar-refractivity contribution in [3.05, 3.63) is 65.5 Å². The fourth-order valence-corrected chi connectivity index (χ4v) is 3.45. The third kappa shape index (κ3) is 4.02. The van der Waals surface area contributed by atoms with Crippen LogP contribution in [-0.4, -0.2) is 37.8 Å². The number of nitrogens with zero attached hydrogens (tertiary/aromatic N) is 5. The summed E-state index contributed by atoms with van der Waals surface area (Å²) in [6.45, 7) is 5.52. The van der Waals surface area contributed by atoms with Crippen molar-refractivity contribution in [1.82, 2.24) is 19.9 Å². The van der Waals surface area contributed by atoms with E-state index in [1.807, 2.05) is 62.4 Å². The molecule has 1 fully saturated rings. The minimum Gasteiger partial charge on any atom is -0.368 e. The van der Waals surface area contributed by atoms with Crippen LogP contribution in [0.2, 0.25) is 0 Å². The lowest BCUT2D eigenvalue weighted by Gasteiger charge is -2.19. The van der Waals surface area contributed by atoms with Crippen molar-refractivity contribution in [3.63, 3.8) is 0 Å². The number of carbonyl (C=O) groups is 2. The summed E-state index contributed by atoms with van der Waals surface area (Å²) >= 11 is 0. The largest absolute Gasteiger partial charge is 0.368 e. The first-order chi connectivity index (χ1) is 14.8. The van der Waals surface area contributed by atoms with E-state index in [4.69, 9.17) is 5.73 Å². The van der Waals surface area contributed by atoms with E-state index in [9.17, 15) is 9.59 Å². The van der Waals surface area contributed by atoms with Crippen molar-refractivity contribution in [2.75, 3.05) is 16.0 Å². The standard InChI is InChI=1S/C22H23N7O2/c1-13-8-10-16(11-9-13)29-15(3)19(30)28(22(29)31)12-18-25-20(23)27-21(26-18)24-17-7-5-4-6-14(17)2/h4-11,15H,12H2,1-3H3,(H3,23,24,25,26,27). The maximum absolute atomic E-state index is 13.0. The summed E-state index contributed by atoms with van der Waals surface area (Å²) in [6.07, 6.45) is 0. The molecule has 1 aliphatic heterocycles. The summed E-state index contributed by atoms with van der Waals surface area (Å²) in [7, 11) is 0. The Kier molecular flexibility index (Phi) is 5.24. The van der Waals surface area contributed by atoms with Crippen LogP contribution in [0.15, 0.2) is 48.5 Å². The second kappa shape index (κ2) is 8.02. The first-order valence-electron chi connectivity index (χ1n) is 9.88. The average molecular weight is 417 g/mol. The van der Waals surface area contributed by atoms with Crippen molar-refractivity contribution in [3.8, 4) is 0 Å². The molecule has 0 aliphatic carbocycles. The SMILES string of the molecule is Cc1ccc(N2C(=O)N(Cc3nc(N)nc(Nc4ccccc4C)n3)C(=O)C2C)cc1. The van der Waals surface area contributed by atoms with Gasteiger partial charge in [-0.1, -0.05) is 35.9 Å². The van der Waals surface area contributed by atoms with E-state index in [0.717, 1.165) is 21.7 Å². The van der Waals surface area contributed by atoms with Crippen LogP contribution in [-0.2, 0) is 11.3 Å². The topological polar surface area (TPSA) is 117 Å². The van der Waals surface area contributed by atoms with Gasteiger partial charge in [-0.05, 0) is 44.5 Å². The Labute approximate surface area is 179 Å². The number of rotatable bonds is 5. The second-order valence-electron chi connectivity index (χ2n) is 7.46. The van der Waals surface area contributed by atoms with Crippen LogP contribution in [0.1, 0.15) is 23.9 Å². The Bertz CT molecular complexity index is 1150. The van der Waals surface area contributed by atoms with Crippen molar-refractivity contribution in [2.24, 2.45) is 0 Å². The number of aromatic nitrogens is 3. The number of amides is 3. The van der Waals surface area contributed by atoms with Gasteiger partial charge >= 0.3 is 6.03 Å². The smallest absolute Gasteiger partial charge is 0.332 e. The van der Waals surface area contributed by atoms with Gasteiger partial charge in [0.1, 0.15) is 6.04 Å². The third-order valence-corrected chi connectivity index (χ3v) is 5.15. The van der Waals surface area contributed by atoms with Crippen LogP contribution in [0.25, 0.3) is 0 Å². The summed E-state index contributed by atoms with van der Waals surface area (Å²) in [5.74, 6) is 0.157. The molecule has 3 amide bonds. The predicted molar refractivity (Wildman–Crippen MR) is 118 cm³/mol. The number of anilines is 4. The summed E-state index contributed by atoms with van der Waals surface area (Å²) in [4.78, 5) is 41.1. The first kappa shape index (κ1) is 20.3. The van der Waals surface area contributed by atoms with Gasteiger partial charge in [-0.3, -0.25) is 14.6 Å². The molecule has 31 heavy (non-hydrogen) atoms. The Balaban J connectivity index is 1.58. The minimum absolute atomic E-state index is 0.00335. The highest BCUT2D eigenvalue weighted by Gasteiger charge is 2.43. The lowest BCUT2D eigenvalue weighted by molar-refractivity contribution is -0.127. The van der Waals surface area contributed by atoms with E-state index in [1.165, 1.54) is 4.90 Å². The Morgan fingerprint density at radius 3 is 2.42 bits per heavy atom. The molecule has 0 bridgehead atoms. The van der Waals surface area contributed by atoms with E-state index in [1.54, 1.807) is 6.92 Å². The molecule has 3 aromatic rings. The molecule has 1 saturated heterocycles. The molecule has 0 spiro atoms. The summed E-state index contributed by atoms with van der Waals surface area (Å²) in [5, 5.41) is 3.11. The number of para-hydroxylation sites is 1. The van der Waals surface area contributed by atoms with Crippen molar-refractivity contribution in [1.29, 1.82) is 0 Å². The molecular weight excluding hydrogens is 394 g/mol. The molecule has 2 aromatic carbocycles. The van der Waals surface area contributed by atoms with Gasteiger partial charge in [0.15, 0.2) is 5.82 Å². The Morgan fingerprint density at radius 1 is 1.00 bits per heavy atom. The second-order valence-corrected chi connectivity index (χ2v) is 7.46. The van der Waals surface area contributed by atoms with Crippen LogP contribution >= 0.6 is 0 Å². The van der Waals surface area contributed by atoms with E-state index in [-0.39, 0.29) is 30.2 Å². The zero-order chi connectivity index (χ0) is 22.1. The number of imide groups is 1. The summed E-state index contributed by atoms with van der Waals surface area (Å²) in [6, 6.07) is 14.1. The first-order valence-corrected chi connectivity index (χ1v) is 9.88. The van der Waals surface area contributed by atoms with E-state index in [2.05, 4.69) is 20.3 Å². The summed E-state index contributed by atoms with van der Waals surface area (Å²) < 4.78 is 0. The van der Waals surface area contributed by atoms with Crippen LogP contribution in [0.5, 0.6) is 0 Å². The van der Waals surface area contributed by atoms with Crippen LogP contribution < -0.4 is 16.0 Å². The number of nitrogens with one attached hydrogen (secondary N) is 1. The number of hydrogen-bond acceptors (Lipinski definition) is 7. The van der Waals surface area contributed by atoms with Gasteiger partial charge in [-0.2, -0.15) is 15.0 Å². The number of nitrogen functional groups attached to an aromatic ring is 1. The van der Waals surface area contributed by atoms with Gasteiger partial charge in [0.05, 0.1) is 6.54 Å². The fourth-order valence-electron chi connectivity index (χ4n) is 3.45. The van der Waals surface area contributed by atoms with Gasteiger partial charge in [0, 0.05) is 11.4 Å². The molecule has 1 aromatic heterocycles. The normalized spacial score (nSPS) is 16.2. The zero-order valence-electron chi connectivity index (χ0n) is 17.5. The fraction of sp³-hybridized carbons (Fsp3) is 0.227. The molecule has 1 aliphatic rings. The lowest BCUT2D eigenvalue weighted by atomic mass is 10.2. The number of aryl methyl sites for hydroxylation is 2. The molecule has 0 saturated carbocycles. The van der Waals surface area contributed by atoms with Gasteiger partial charge in [0.25, 0.3) is 5.91 Å². The highest BCUT2D eigenvalue weighted by molar-refractivity contribution is 6.13. The highest BCUT2D eigenvalue weighted by atomic mass is 16.2. The molecule has 3 N–H and O–H groups in total. The van der Waals surface area contributed by atoms with E-state index < -0.39 is 12.1 Å². The molecule has 4 rings (SSSR count). The van der Waals surface area contributed by atoms with Crippen LogP contribution in [0.3, 0.4) is 0 Å². The monoisotopic (exact) mass is 417 g/mol. The molecule has 9 nitrogen and oxygen atoms in total. The minimum atomic E-state index is -0.626. The highest BCUT2D eigenvalue weighted by Crippen LogP contribution is 2.27. The van der Waals surface area contributed by atoms with Crippen molar-refractivity contribution < 1.29 is 9.59 Å². The van der Waals surface area contributed by atoms with Gasteiger partial charge in [-0.25, -0.2) is 4.79 Å². The lowest BCUT2D eigenvalue weighted by Crippen LogP contribution is -2.34. The number of benzene rings is 2. The van der Waals surface area contributed by atoms with Crippen LogP contribution in [0, 0.1) is 13.8 Å². The zero-order valence-corrected chi connectivity index (χ0v) is 17.5. The average Bonchev–Trinajstić information content (AvgIpc) is 2.93. The maximum atomic E-state index is 13.0. The number of nitrogens with two attached hydrogens (primary N) is 1. The Hall–Kier alpha value is -4.01. The molecule has 1 atom stereocenters. The van der Waals surface area contributed by atoms with Gasteiger partial charge < -0.3 is 11.1 Å². The number of hydrogen-bond donors (Lipinski definition) is 2. The van der Waals surface area contributed by atoms with E-state index in [0.29, 0.717) is 5.69 Å². The molecule has 1 unspecified atom stereocenters. The number of urea groups is 1. The molecule has 9 heteroatoms. The predicted octanol–water partition coefficient (Wildman–Crippen LogP) is 3.17. The van der Waals surface area contributed by atoms with Crippen molar-refractivity contribution in [2.45, 2.75) is 33.4 Å². The molecule has 0 radical (unpaired) electrons. The number of carbonyl (C=O) groups excluding carboxylic acids is 2.